The highest BCUT2D eigenvalue weighted by Gasteiger charge is 2.18. The van der Waals surface area contributed by atoms with Crippen molar-refractivity contribution < 1.29 is 9.59 Å². The lowest BCUT2D eigenvalue weighted by atomic mass is 10.1. The van der Waals surface area contributed by atoms with Crippen molar-refractivity contribution in [3.63, 3.8) is 0 Å². The summed E-state index contributed by atoms with van der Waals surface area (Å²) in [6.07, 6.45) is 0. The van der Waals surface area contributed by atoms with Gasteiger partial charge in [-0.2, -0.15) is 0 Å². The minimum Gasteiger partial charge on any atom is -0.335 e. The van der Waals surface area contributed by atoms with Crippen LogP contribution in [0.1, 0.15) is 33.2 Å². The van der Waals surface area contributed by atoms with E-state index in [2.05, 4.69) is 0 Å². The SMILES string of the molecule is CCN(Cc1ccccc1)C(=O)c1cccc(C(=O)N(C)c2ccccc2)c1. The van der Waals surface area contributed by atoms with Gasteiger partial charge < -0.3 is 9.80 Å². The second kappa shape index (κ2) is 9.00. The van der Waals surface area contributed by atoms with Crippen LogP contribution in [-0.4, -0.2) is 30.3 Å². The van der Waals surface area contributed by atoms with Crippen LogP contribution < -0.4 is 4.90 Å². The van der Waals surface area contributed by atoms with Crippen molar-refractivity contribution in [2.45, 2.75) is 13.5 Å². The molecule has 0 aromatic heterocycles. The molecule has 3 aromatic rings. The molecule has 0 aliphatic heterocycles. The smallest absolute Gasteiger partial charge is 0.258 e. The van der Waals surface area contributed by atoms with Gasteiger partial charge in [0.1, 0.15) is 0 Å². The summed E-state index contributed by atoms with van der Waals surface area (Å²) < 4.78 is 0. The van der Waals surface area contributed by atoms with Gasteiger partial charge in [-0.05, 0) is 42.8 Å². The highest BCUT2D eigenvalue weighted by Crippen LogP contribution is 2.17. The minimum absolute atomic E-state index is 0.0802. The summed E-state index contributed by atoms with van der Waals surface area (Å²) in [5, 5.41) is 0. The molecular formula is C24H24N2O2. The number of nitrogens with zero attached hydrogens (tertiary/aromatic N) is 2. The van der Waals surface area contributed by atoms with Crippen molar-refractivity contribution >= 4 is 17.5 Å². The lowest BCUT2D eigenvalue weighted by molar-refractivity contribution is 0.0752. The lowest BCUT2D eigenvalue weighted by Gasteiger charge is -2.22. The Morgan fingerprint density at radius 2 is 1.32 bits per heavy atom. The molecule has 0 saturated heterocycles. The third-order valence-electron chi connectivity index (χ3n) is 4.69. The summed E-state index contributed by atoms with van der Waals surface area (Å²) in [6, 6.07) is 26.3. The van der Waals surface area contributed by atoms with Crippen molar-refractivity contribution in [1.82, 2.24) is 4.90 Å². The van der Waals surface area contributed by atoms with E-state index in [9.17, 15) is 9.59 Å². The molecule has 142 valence electrons. The van der Waals surface area contributed by atoms with E-state index in [1.165, 1.54) is 0 Å². The standard InChI is InChI=1S/C24H24N2O2/c1-3-26(18-19-11-6-4-7-12-19)24(28)21-14-10-13-20(17-21)23(27)25(2)22-15-8-5-9-16-22/h4-17H,3,18H2,1-2H3. The molecule has 0 fully saturated rings. The monoisotopic (exact) mass is 372 g/mol. The second-order valence-electron chi connectivity index (χ2n) is 6.59. The Bertz CT molecular complexity index is 939. The zero-order chi connectivity index (χ0) is 19.9. The average molecular weight is 372 g/mol. The molecule has 0 unspecified atom stereocenters. The molecule has 0 aliphatic rings. The number of hydrogen-bond donors (Lipinski definition) is 0. The van der Waals surface area contributed by atoms with Crippen LogP contribution in [0.4, 0.5) is 5.69 Å². The van der Waals surface area contributed by atoms with Crippen molar-refractivity contribution in [2.75, 3.05) is 18.5 Å². The first-order valence-electron chi connectivity index (χ1n) is 9.36. The molecule has 0 aliphatic carbocycles. The molecule has 0 spiro atoms. The highest BCUT2D eigenvalue weighted by atomic mass is 16.2. The van der Waals surface area contributed by atoms with Crippen molar-refractivity contribution in [2.24, 2.45) is 0 Å². The van der Waals surface area contributed by atoms with Crippen LogP contribution in [0.3, 0.4) is 0 Å². The van der Waals surface area contributed by atoms with Crippen LogP contribution in [0.5, 0.6) is 0 Å². The largest absolute Gasteiger partial charge is 0.335 e. The predicted octanol–water partition coefficient (Wildman–Crippen LogP) is 4.63. The van der Waals surface area contributed by atoms with Gasteiger partial charge in [-0.1, -0.05) is 54.6 Å². The predicted molar refractivity (Wildman–Crippen MR) is 112 cm³/mol. The number of rotatable bonds is 6. The van der Waals surface area contributed by atoms with E-state index in [0.717, 1.165) is 11.3 Å². The second-order valence-corrected chi connectivity index (χ2v) is 6.59. The molecule has 0 saturated carbocycles. The third-order valence-corrected chi connectivity index (χ3v) is 4.69. The highest BCUT2D eigenvalue weighted by molar-refractivity contribution is 6.07. The summed E-state index contributed by atoms with van der Waals surface area (Å²) in [4.78, 5) is 29.2. The van der Waals surface area contributed by atoms with Gasteiger partial charge >= 0.3 is 0 Å². The summed E-state index contributed by atoms with van der Waals surface area (Å²) in [5.41, 5.74) is 2.90. The van der Waals surface area contributed by atoms with Crippen LogP contribution >= 0.6 is 0 Å². The van der Waals surface area contributed by atoms with E-state index in [1.807, 2.05) is 67.6 Å². The Hall–Kier alpha value is -3.40. The number of hydrogen-bond acceptors (Lipinski definition) is 2. The summed E-state index contributed by atoms with van der Waals surface area (Å²) in [7, 11) is 1.74. The van der Waals surface area contributed by atoms with Gasteiger partial charge in [0.05, 0.1) is 0 Å². The number of amides is 2. The molecule has 0 bridgehead atoms. The van der Waals surface area contributed by atoms with Gasteiger partial charge in [-0.25, -0.2) is 0 Å². The maximum atomic E-state index is 13.0. The molecule has 0 atom stereocenters. The average Bonchev–Trinajstić information content (AvgIpc) is 2.77. The molecule has 0 heterocycles. The van der Waals surface area contributed by atoms with E-state index in [1.54, 1.807) is 41.1 Å². The third kappa shape index (κ3) is 4.46. The molecule has 3 rings (SSSR count). The number of carbonyl (C=O) groups is 2. The summed E-state index contributed by atoms with van der Waals surface area (Å²) in [6.45, 7) is 3.09. The summed E-state index contributed by atoms with van der Waals surface area (Å²) in [5.74, 6) is -0.227. The first-order valence-corrected chi connectivity index (χ1v) is 9.36. The molecule has 0 radical (unpaired) electrons. The fraction of sp³-hybridized carbons (Fsp3) is 0.167. The Morgan fingerprint density at radius 1 is 0.750 bits per heavy atom. The maximum Gasteiger partial charge on any atom is 0.258 e. The molecule has 2 amide bonds. The first-order chi connectivity index (χ1) is 13.6. The Balaban J connectivity index is 1.79. The quantitative estimate of drug-likeness (QED) is 0.633. The molecule has 3 aromatic carbocycles. The van der Waals surface area contributed by atoms with E-state index in [-0.39, 0.29) is 11.8 Å². The van der Waals surface area contributed by atoms with Gasteiger partial charge in [-0.15, -0.1) is 0 Å². The topological polar surface area (TPSA) is 40.6 Å². The Morgan fingerprint density at radius 3 is 1.93 bits per heavy atom. The zero-order valence-electron chi connectivity index (χ0n) is 16.2. The van der Waals surface area contributed by atoms with Gasteiger partial charge in [0.25, 0.3) is 11.8 Å². The fourth-order valence-electron chi connectivity index (χ4n) is 3.06. The van der Waals surface area contributed by atoms with Crippen molar-refractivity contribution in [3.8, 4) is 0 Å². The van der Waals surface area contributed by atoms with Gasteiger partial charge in [-0.3, -0.25) is 9.59 Å². The van der Waals surface area contributed by atoms with Crippen molar-refractivity contribution in [3.05, 3.63) is 102 Å². The lowest BCUT2D eigenvalue weighted by Crippen LogP contribution is -2.31. The normalized spacial score (nSPS) is 10.4. The summed E-state index contributed by atoms with van der Waals surface area (Å²) >= 11 is 0. The molecule has 28 heavy (non-hydrogen) atoms. The number of para-hydroxylation sites is 1. The van der Waals surface area contributed by atoms with Crippen LogP contribution in [-0.2, 0) is 6.54 Å². The van der Waals surface area contributed by atoms with Crippen LogP contribution in [0.2, 0.25) is 0 Å². The molecule has 0 N–H and O–H groups in total. The van der Waals surface area contributed by atoms with E-state index in [0.29, 0.717) is 24.2 Å². The first kappa shape index (κ1) is 19.4. The zero-order valence-corrected chi connectivity index (χ0v) is 16.2. The number of anilines is 1. The fourth-order valence-corrected chi connectivity index (χ4v) is 3.06. The number of benzene rings is 3. The van der Waals surface area contributed by atoms with E-state index >= 15 is 0 Å². The van der Waals surface area contributed by atoms with Gasteiger partial charge in [0.2, 0.25) is 0 Å². The number of carbonyl (C=O) groups excluding carboxylic acids is 2. The molecular weight excluding hydrogens is 348 g/mol. The van der Waals surface area contributed by atoms with Gasteiger partial charge in [0, 0.05) is 37.0 Å². The Kier molecular flexibility index (Phi) is 6.22. The minimum atomic E-state index is -0.146. The van der Waals surface area contributed by atoms with E-state index < -0.39 is 0 Å². The molecule has 4 nitrogen and oxygen atoms in total. The molecule has 4 heteroatoms. The van der Waals surface area contributed by atoms with Crippen molar-refractivity contribution in [1.29, 1.82) is 0 Å². The van der Waals surface area contributed by atoms with Gasteiger partial charge in [0.15, 0.2) is 0 Å². The van der Waals surface area contributed by atoms with E-state index in [4.69, 9.17) is 0 Å². The Labute approximate surface area is 166 Å². The van der Waals surface area contributed by atoms with Crippen LogP contribution in [0, 0.1) is 0 Å². The van der Waals surface area contributed by atoms with Crippen LogP contribution in [0.15, 0.2) is 84.9 Å². The maximum absolute atomic E-state index is 13.0. The van der Waals surface area contributed by atoms with Crippen LogP contribution in [0.25, 0.3) is 0 Å².